The quantitative estimate of drug-likeness (QED) is 0.511. The second-order valence-corrected chi connectivity index (χ2v) is 4.66. The molecular formula is C10H19NO3. The van der Waals surface area contributed by atoms with Crippen molar-refractivity contribution in [3.63, 3.8) is 0 Å². The molecule has 0 amide bonds. The molecule has 5 atom stereocenters. The fraction of sp³-hybridized carbons (Fsp3) is 1.00. The molecule has 3 N–H and O–H groups in total. The lowest BCUT2D eigenvalue weighted by Crippen LogP contribution is -2.50. The van der Waals surface area contributed by atoms with Gasteiger partial charge in [0, 0.05) is 25.1 Å². The van der Waals surface area contributed by atoms with Crippen molar-refractivity contribution in [2.24, 2.45) is 11.8 Å². The first-order valence-corrected chi connectivity index (χ1v) is 5.36. The molecule has 0 unspecified atom stereocenters. The molecular weight excluding hydrogens is 182 g/mol. The first kappa shape index (κ1) is 10.4. The second-order valence-electron chi connectivity index (χ2n) is 4.66. The Morgan fingerprint density at radius 1 is 1.36 bits per heavy atom. The average molecular weight is 201 g/mol. The Hall–Kier alpha value is -0.160. The van der Waals surface area contributed by atoms with E-state index in [1.807, 2.05) is 0 Å². The number of aliphatic hydroxyl groups excluding tert-OH is 3. The van der Waals surface area contributed by atoms with Crippen LogP contribution in [0.25, 0.3) is 0 Å². The minimum atomic E-state index is -0.685. The van der Waals surface area contributed by atoms with Gasteiger partial charge in [0.25, 0.3) is 0 Å². The topological polar surface area (TPSA) is 63.9 Å². The van der Waals surface area contributed by atoms with Crippen LogP contribution in [0.2, 0.25) is 0 Å². The number of piperidine rings is 1. The van der Waals surface area contributed by atoms with E-state index in [0.717, 1.165) is 13.0 Å². The van der Waals surface area contributed by atoms with Crippen molar-refractivity contribution in [2.45, 2.75) is 31.6 Å². The molecule has 0 aliphatic carbocycles. The van der Waals surface area contributed by atoms with Crippen molar-refractivity contribution in [3.05, 3.63) is 0 Å². The molecule has 2 rings (SSSR count). The maximum Gasteiger partial charge on any atom is 0.0970 e. The molecule has 82 valence electrons. The summed E-state index contributed by atoms with van der Waals surface area (Å²) in [6, 6.07) is -0.0428. The van der Waals surface area contributed by atoms with Crippen LogP contribution < -0.4 is 0 Å². The fourth-order valence-electron chi connectivity index (χ4n) is 2.89. The van der Waals surface area contributed by atoms with Gasteiger partial charge in [-0.05, 0) is 18.9 Å². The summed E-state index contributed by atoms with van der Waals surface area (Å²) in [6.45, 7) is 3.69. The molecule has 2 saturated heterocycles. The molecule has 2 heterocycles. The number of hydrogen-bond acceptors (Lipinski definition) is 4. The van der Waals surface area contributed by atoms with Crippen molar-refractivity contribution in [1.82, 2.24) is 4.90 Å². The molecule has 0 aromatic carbocycles. The van der Waals surface area contributed by atoms with Gasteiger partial charge in [-0.2, -0.15) is 0 Å². The molecule has 0 bridgehead atoms. The zero-order chi connectivity index (χ0) is 10.3. The Morgan fingerprint density at radius 2 is 2.07 bits per heavy atom. The van der Waals surface area contributed by atoms with Gasteiger partial charge in [-0.25, -0.2) is 0 Å². The maximum atomic E-state index is 9.81. The Balaban J connectivity index is 2.16. The number of rotatable bonds is 1. The first-order valence-electron chi connectivity index (χ1n) is 5.36. The van der Waals surface area contributed by atoms with Crippen molar-refractivity contribution in [1.29, 1.82) is 0 Å². The maximum absolute atomic E-state index is 9.81. The van der Waals surface area contributed by atoms with Crippen molar-refractivity contribution >= 4 is 0 Å². The molecule has 0 aromatic rings. The summed E-state index contributed by atoms with van der Waals surface area (Å²) >= 11 is 0. The lowest BCUT2D eigenvalue weighted by atomic mass is 9.80. The number of fused-ring (bicyclic) bond motifs is 1. The Morgan fingerprint density at radius 3 is 2.71 bits per heavy atom. The molecule has 14 heavy (non-hydrogen) atoms. The van der Waals surface area contributed by atoms with Crippen LogP contribution in [0.3, 0.4) is 0 Å². The number of nitrogens with zero attached hydrogens (tertiary/aromatic N) is 1. The highest BCUT2D eigenvalue weighted by Crippen LogP contribution is 2.35. The van der Waals surface area contributed by atoms with Gasteiger partial charge in [-0.1, -0.05) is 6.92 Å². The Labute approximate surface area is 84.2 Å². The SMILES string of the molecule is C[C@H]1CCN2C[C@@H](O)[C@@H](O)[C@H]2[C@H]1CO. The van der Waals surface area contributed by atoms with E-state index in [9.17, 15) is 15.3 Å². The third-order valence-corrected chi connectivity index (χ3v) is 3.84. The van der Waals surface area contributed by atoms with Crippen LogP contribution in [0.15, 0.2) is 0 Å². The van der Waals surface area contributed by atoms with Gasteiger partial charge in [-0.3, -0.25) is 4.90 Å². The summed E-state index contributed by atoms with van der Waals surface area (Å²) in [5.74, 6) is 0.539. The monoisotopic (exact) mass is 201 g/mol. The molecule has 2 aliphatic rings. The van der Waals surface area contributed by atoms with Crippen LogP contribution in [-0.2, 0) is 0 Å². The van der Waals surface area contributed by atoms with Crippen LogP contribution in [0.5, 0.6) is 0 Å². The summed E-state index contributed by atoms with van der Waals surface area (Å²) in [5.41, 5.74) is 0. The smallest absolute Gasteiger partial charge is 0.0970 e. The number of aliphatic hydroxyl groups is 3. The Bertz CT molecular complexity index is 212. The summed E-state index contributed by atoms with van der Waals surface area (Å²) < 4.78 is 0. The van der Waals surface area contributed by atoms with E-state index in [0.29, 0.717) is 12.5 Å². The summed E-state index contributed by atoms with van der Waals surface area (Å²) in [4.78, 5) is 2.11. The highest BCUT2D eigenvalue weighted by atomic mass is 16.3. The summed E-state index contributed by atoms with van der Waals surface area (Å²) in [6.07, 6.45) is -0.282. The van der Waals surface area contributed by atoms with E-state index >= 15 is 0 Å². The predicted octanol–water partition coefficient (Wildman–Crippen LogP) is -0.959. The molecule has 0 radical (unpaired) electrons. The van der Waals surface area contributed by atoms with Gasteiger partial charge in [0.15, 0.2) is 0 Å². The zero-order valence-electron chi connectivity index (χ0n) is 8.50. The second kappa shape index (κ2) is 3.77. The van der Waals surface area contributed by atoms with Gasteiger partial charge in [0.1, 0.15) is 0 Å². The van der Waals surface area contributed by atoms with Crippen LogP contribution in [-0.4, -0.2) is 58.2 Å². The third kappa shape index (κ3) is 1.46. The van der Waals surface area contributed by atoms with Gasteiger partial charge < -0.3 is 15.3 Å². The molecule has 0 saturated carbocycles. The lowest BCUT2D eigenvalue weighted by Gasteiger charge is -2.40. The van der Waals surface area contributed by atoms with E-state index in [4.69, 9.17) is 0 Å². The molecule has 0 aromatic heterocycles. The fourth-order valence-corrected chi connectivity index (χ4v) is 2.89. The van der Waals surface area contributed by atoms with Gasteiger partial charge in [-0.15, -0.1) is 0 Å². The van der Waals surface area contributed by atoms with Crippen molar-refractivity contribution in [3.8, 4) is 0 Å². The average Bonchev–Trinajstić information content (AvgIpc) is 2.45. The Kier molecular flexibility index (Phi) is 2.79. The van der Waals surface area contributed by atoms with Crippen molar-refractivity contribution < 1.29 is 15.3 Å². The van der Waals surface area contributed by atoms with E-state index in [-0.39, 0.29) is 18.6 Å². The first-order chi connectivity index (χ1) is 6.65. The van der Waals surface area contributed by atoms with E-state index in [1.54, 1.807) is 0 Å². The summed E-state index contributed by atoms with van der Waals surface area (Å²) in [7, 11) is 0. The third-order valence-electron chi connectivity index (χ3n) is 3.84. The highest BCUT2D eigenvalue weighted by Gasteiger charge is 2.47. The molecule has 4 heteroatoms. The highest BCUT2D eigenvalue weighted by molar-refractivity contribution is 5.00. The van der Waals surface area contributed by atoms with Gasteiger partial charge in [0.2, 0.25) is 0 Å². The predicted molar refractivity (Wildman–Crippen MR) is 51.7 cm³/mol. The standard InChI is InChI=1S/C10H19NO3/c1-6-2-3-11-4-8(13)10(14)9(11)7(6)5-12/h6-10,12-14H,2-5H2,1H3/t6-,7-,8+,9+,10+/m0/s1. The minimum Gasteiger partial charge on any atom is -0.396 e. The van der Waals surface area contributed by atoms with Crippen molar-refractivity contribution in [2.75, 3.05) is 19.7 Å². The van der Waals surface area contributed by atoms with Crippen LogP contribution in [0.4, 0.5) is 0 Å². The molecule has 0 spiro atoms. The molecule has 4 nitrogen and oxygen atoms in total. The number of hydrogen-bond donors (Lipinski definition) is 3. The minimum absolute atomic E-state index is 0.0428. The van der Waals surface area contributed by atoms with E-state index in [1.165, 1.54) is 0 Å². The van der Waals surface area contributed by atoms with Crippen LogP contribution in [0, 0.1) is 11.8 Å². The van der Waals surface area contributed by atoms with E-state index < -0.39 is 12.2 Å². The normalized spacial score (nSPS) is 49.3. The summed E-state index contributed by atoms with van der Waals surface area (Å²) in [5, 5.41) is 28.7. The van der Waals surface area contributed by atoms with Crippen LogP contribution in [0.1, 0.15) is 13.3 Å². The molecule has 2 aliphatic heterocycles. The molecule has 2 fully saturated rings. The van der Waals surface area contributed by atoms with E-state index in [2.05, 4.69) is 11.8 Å². The zero-order valence-corrected chi connectivity index (χ0v) is 8.50. The van der Waals surface area contributed by atoms with Crippen LogP contribution >= 0.6 is 0 Å². The lowest BCUT2D eigenvalue weighted by molar-refractivity contribution is -0.0201. The largest absolute Gasteiger partial charge is 0.396 e. The van der Waals surface area contributed by atoms with Gasteiger partial charge in [0.05, 0.1) is 12.2 Å². The van der Waals surface area contributed by atoms with Gasteiger partial charge >= 0.3 is 0 Å².